The second kappa shape index (κ2) is 6.32. The number of hydrogen-bond donors (Lipinski definition) is 2. The quantitative estimate of drug-likeness (QED) is 0.682. The second-order valence-electron chi connectivity index (χ2n) is 5.43. The van der Waals surface area contributed by atoms with Crippen LogP contribution < -0.4 is 10.5 Å². The fraction of sp³-hybridized carbons (Fsp3) is 1.00. The summed E-state index contributed by atoms with van der Waals surface area (Å²) in [5.74, 6) is 0.216. The van der Waals surface area contributed by atoms with Crippen molar-refractivity contribution >= 4 is 10.0 Å². The molecule has 0 spiro atoms. The molecule has 2 rings (SSSR count). The summed E-state index contributed by atoms with van der Waals surface area (Å²) in [6, 6.07) is 0.566. The Morgan fingerprint density at radius 2 is 2.00 bits per heavy atom. The van der Waals surface area contributed by atoms with Crippen LogP contribution in [0.15, 0.2) is 0 Å². The fourth-order valence-corrected chi connectivity index (χ4v) is 4.55. The van der Waals surface area contributed by atoms with E-state index in [1.165, 1.54) is 12.8 Å². The summed E-state index contributed by atoms with van der Waals surface area (Å²) in [6.45, 7) is 2.74. The Morgan fingerprint density at radius 1 is 1.17 bits per heavy atom. The fourth-order valence-electron chi connectivity index (χ4n) is 3.11. The van der Waals surface area contributed by atoms with Gasteiger partial charge in [-0.3, -0.25) is 4.90 Å². The Kier molecular flexibility index (Phi) is 5.00. The smallest absolute Gasteiger partial charge is 0.211 e. The van der Waals surface area contributed by atoms with Crippen LogP contribution in [0.25, 0.3) is 0 Å². The minimum Gasteiger partial charge on any atom is -0.330 e. The predicted molar refractivity (Wildman–Crippen MR) is 72.8 cm³/mol. The average molecular weight is 275 g/mol. The number of nitrogens with zero attached hydrogens (tertiary/aromatic N) is 1. The molecular weight excluding hydrogens is 250 g/mol. The molecule has 0 aliphatic carbocycles. The highest BCUT2D eigenvalue weighted by atomic mass is 32.2. The van der Waals surface area contributed by atoms with Gasteiger partial charge in [-0.15, -0.1) is 0 Å². The van der Waals surface area contributed by atoms with Gasteiger partial charge in [0.25, 0.3) is 0 Å². The van der Waals surface area contributed by atoms with Crippen molar-refractivity contribution in [1.82, 2.24) is 9.62 Å². The van der Waals surface area contributed by atoms with E-state index >= 15 is 0 Å². The van der Waals surface area contributed by atoms with Gasteiger partial charge < -0.3 is 5.73 Å². The topological polar surface area (TPSA) is 75.4 Å². The molecule has 6 heteroatoms. The first kappa shape index (κ1) is 14.2. The molecule has 18 heavy (non-hydrogen) atoms. The molecular formula is C12H25N3O2S. The number of nitrogens with one attached hydrogen (secondary N) is 1. The minimum absolute atomic E-state index is 0.133. The number of fused-ring (bicyclic) bond motifs is 1. The molecule has 5 nitrogen and oxygen atoms in total. The summed E-state index contributed by atoms with van der Waals surface area (Å²) < 4.78 is 26.8. The van der Waals surface area contributed by atoms with Crippen LogP contribution in [0, 0.1) is 0 Å². The molecule has 2 aliphatic rings. The van der Waals surface area contributed by atoms with Crippen molar-refractivity contribution in [3.8, 4) is 0 Å². The Bertz CT molecular complexity index is 358. The molecule has 2 saturated heterocycles. The van der Waals surface area contributed by atoms with Crippen molar-refractivity contribution in [1.29, 1.82) is 0 Å². The van der Waals surface area contributed by atoms with Crippen molar-refractivity contribution in [2.24, 2.45) is 5.73 Å². The lowest BCUT2D eigenvalue weighted by molar-refractivity contribution is 0.186. The maximum absolute atomic E-state index is 12.0. The van der Waals surface area contributed by atoms with E-state index in [1.54, 1.807) is 0 Å². The molecule has 0 bridgehead atoms. The minimum atomic E-state index is -3.12. The van der Waals surface area contributed by atoms with Gasteiger partial charge in [-0.1, -0.05) is 6.42 Å². The third-order valence-electron chi connectivity index (χ3n) is 4.05. The van der Waals surface area contributed by atoms with Crippen LogP contribution >= 0.6 is 0 Å². The number of rotatable bonds is 6. The van der Waals surface area contributed by atoms with Gasteiger partial charge in [-0.2, -0.15) is 0 Å². The van der Waals surface area contributed by atoms with Crippen LogP contribution in [0.4, 0.5) is 0 Å². The SMILES string of the molecule is NCCCCS(=O)(=O)NC1CCN2CCCCC12. The van der Waals surface area contributed by atoms with E-state index in [0.717, 1.165) is 32.4 Å². The number of hydrogen-bond acceptors (Lipinski definition) is 4. The van der Waals surface area contributed by atoms with Crippen molar-refractivity contribution in [3.05, 3.63) is 0 Å². The molecule has 0 aromatic rings. The lowest BCUT2D eigenvalue weighted by Crippen LogP contribution is -2.47. The first-order chi connectivity index (χ1) is 8.62. The highest BCUT2D eigenvalue weighted by molar-refractivity contribution is 7.89. The van der Waals surface area contributed by atoms with E-state index in [-0.39, 0.29) is 11.8 Å². The van der Waals surface area contributed by atoms with E-state index < -0.39 is 10.0 Å². The van der Waals surface area contributed by atoms with E-state index in [9.17, 15) is 8.42 Å². The standard InChI is InChI=1S/C12H25N3O2S/c13-7-2-4-10-18(16,17)14-11-6-9-15-8-3-1-5-12(11)15/h11-12,14H,1-10,13H2. The van der Waals surface area contributed by atoms with Crippen LogP contribution in [0.1, 0.15) is 38.5 Å². The van der Waals surface area contributed by atoms with Gasteiger partial charge in [-0.05, 0) is 45.2 Å². The molecule has 0 radical (unpaired) electrons. The van der Waals surface area contributed by atoms with Gasteiger partial charge in [0.15, 0.2) is 0 Å². The zero-order valence-corrected chi connectivity index (χ0v) is 11.8. The molecule has 0 saturated carbocycles. The van der Waals surface area contributed by atoms with E-state index in [1.807, 2.05) is 0 Å². The van der Waals surface area contributed by atoms with E-state index in [2.05, 4.69) is 9.62 Å². The Hall–Kier alpha value is -0.170. The maximum Gasteiger partial charge on any atom is 0.211 e. The Labute approximate surface area is 110 Å². The van der Waals surface area contributed by atoms with Crippen molar-refractivity contribution in [2.75, 3.05) is 25.4 Å². The van der Waals surface area contributed by atoms with Crippen molar-refractivity contribution in [3.63, 3.8) is 0 Å². The molecule has 0 aromatic heterocycles. The number of piperidine rings is 1. The highest BCUT2D eigenvalue weighted by Gasteiger charge is 2.37. The predicted octanol–water partition coefficient (Wildman–Crippen LogP) is 0.272. The average Bonchev–Trinajstić information content (AvgIpc) is 2.72. The van der Waals surface area contributed by atoms with Crippen molar-refractivity contribution < 1.29 is 8.42 Å². The van der Waals surface area contributed by atoms with Gasteiger partial charge in [0, 0.05) is 18.6 Å². The number of unbranched alkanes of at least 4 members (excludes halogenated alkanes) is 1. The van der Waals surface area contributed by atoms with Gasteiger partial charge in [0.05, 0.1) is 5.75 Å². The van der Waals surface area contributed by atoms with Crippen LogP contribution in [0.3, 0.4) is 0 Å². The third-order valence-corrected chi connectivity index (χ3v) is 5.54. The van der Waals surface area contributed by atoms with Gasteiger partial charge in [-0.25, -0.2) is 13.1 Å². The van der Waals surface area contributed by atoms with Crippen LogP contribution in [0.2, 0.25) is 0 Å². The lowest BCUT2D eigenvalue weighted by Gasteiger charge is -2.32. The van der Waals surface area contributed by atoms with Crippen LogP contribution in [0.5, 0.6) is 0 Å². The van der Waals surface area contributed by atoms with E-state index in [4.69, 9.17) is 5.73 Å². The van der Waals surface area contributed by atoms with Crippen LogP contribution in [-0.4, -0.2) is 50.8 Å². The summed E-state index contributed by atoms with van der Waals surface area (Å²) in [5, 5.41) is 0. The summed E-state index contributed by atoms with van der Waals surface area (Å²) in [4.78, 5) is 2.44. The summed E-state index contributed by atoms with van der Waals surface area (Å²) in [6.07, 6.45) is 6.02. The summed E-state index contributed by atoms with van der Waals surface area (Å²) in [7, 11) is -3.12. The Balaban J connectivity index is 1.85. The molecule has 2 unspecified atom stereocenters. The molecule has 106 valence electrons. The highest BCUT2D eigenvalue weighted by Crippen LogP contribution is 2.27. The molecule has 2 fully saturated rings. The lowest BCUT2D eigenvalue weighted by atomic mass is 10.00. The summed E-state index contributed by atoms with van der Waals surface area (Å²) >= 11 is 0. The number of sulfonamides is 1. The zero-order chi connectivity index (χ0) is 13.0. The largest absolute Gasteiger partial charge is 0.330 e. The van der Waals surface area contributed by atoms with Gasteiger partial charge in [0.2, 0.25) is 10.0 Å². The van der Waals surface area contributed by atoms with E-state index in [0.29, 0.717) is 19.0 Å². The summed E-state index contributed by atoms with van der Waals surface area (Å²) in [5.41, 5.74) is 5.39. The second-order valence-corrected chi connectivity index (χ2v) is 7.30. The molecule has 2 heterocycles. The first-order valence-corrected chi connectivity index (χ1v) is 8.72. The van der Waals surface area contributed by atoms with Gasteiger partial charge >= 0.3 is 0 Å². The monoisotopic (exact) mass is 275 g/mol. The Morgan fingerprint density at radius 3 is 2.78 bits per heavy atom. The maximum atomic E-state index is 12.0. The molecule has 0 amide bonds. The first-order valence-electron chi connectivity index (χ1n) is 7.06. The normalized spacial score (nSPS) is 29.4. The molecule has 2 aliphatic heterocycles. The molecule has 0 aromatic carbocycles. The number of nitrogens with two attached hydrogens (primary N) is 1. The third kappa shape index (κ3) is 3.66. The van der Waals surface area contributed by atoms with Crippen molar-refractivity contribution in [2.45, 2.75) is 50.6 Å². The zero-order valence-electron chi connectivity index (χ0n) is 11.0. The van der Waals surface area contributed by atoms with Crippen LogP contribution in [-0.2, 0) is 10.0 Å². The van der Waals surface area contributed by atoms with Gasteiger partial charge in [0.1, 0.15) is 0 Å². The molecule has 2 atom stereocenters. The molecule has 3 N–H and O–H groups in total.